The molecule has 1 aromatic carbocycles. The summed E-state index contributed by atoms with van der Waals surface area (Å²) in [6, 6.07) is 13.7. The van der Waals surface area contributed by atoms with Crippen LogP contribution >= 0.6 is 0 Å². The summed E-state index contributed by atoms with van der Waals surface area (Å²) in [4.78, 5) is 19.8. The fraction of sp³-hybridized carbons (Fsp3) is 0.346. The molecule has 0 saturated carbocycles. The molecular weight excluding hydrogens is 414 g/mol. The highest BCUT2D eigenvalue weighted by molar-refractivity contribution is 5.88. The van der Waals surface area contributed by atoms with Crippen molar-refractivity contribution >= 4 is 10.9 Å². The molecule has 33 heavy (non-hydrogen) atoms. The quantitative estimate of drug-likeness (QED) is 0.493. The number of aromatic nitrogens is 3. The Morgan fingerprint density at radius 1 is 1.09 bits per heavy atom. The van der Waals surface area contributed by atoms with Crippen LogP contribution in [0.1, 0.15) is 22.7 Å². The molecule has 0 unspecified atom stereocenters. The molecule has 3 aromatic heterocycles. The summed E-state index contributed by atoms with van der Waals surface area (Å²) >= 11 is 0. The van der Waals surface area contributed by atoms with E-state index in [1.54, 1.807) is 12.3 Å². The fourth-order valence-corrected chi connectivity index (χ4v) is 4.72. The number of nitrogens with zero attached hydrogens (tertiary/aromatic N) is 4. The molecule has 1 fully saturated rings. The monoisotopic (exact) mass is 443 g/mol. The third kappa shape index (κ3) is 4.47. The van der Waals surface area contributed by atoms with E-state index in [0.717, 1.165) is 78.3 Å². The number of nitrogens with one attached hydrogen (secondary N) is 1. The van der Waals surface area contributed by atoms with Crippen molar-refractivity contribution in [3.05, 3.63) is 81.7 Å². The highest BCUT2D eigenvalue weighted by atomic mass is 16.5. The molecule has 1 N–H and O–H groups in total. The van der Waals surface area contributed by atoms with Gasteiger partial charge in [-0.05, 0) is 67.1 Å². The van der Waals surface area contributed by atoms with Crippen LogP contribution in [-0.4, -0.2) is 52.3 Å². The first-order valence-corrected chi connectivity index (χ1v) is 11.5. The zero-order valence-corrected chi connectivity index (χ0v) is 19.2. The minimum absolute atomic E-state index is 0.0219. The van der Waals surface area contributed by atoms with Gasteiger partial charge in [0, 0.05) is 50.6 Å². The van der Waals surface area contributed by atoms with Crippen molar-refractivity contribution in [2.45, 2.75) is 26.8 Å². The second kappa shape index (κ2) is 9.29. The first kappa shape index (κ1) is 21.6. The molecule has 0 radical (unpaired) electrons. The topological polar surface area (TPSA) is 76.2 Å². The average Bonchev–Trinajstić information content (AvgIpc) is 3.18. The molecule has 0 bridgehead atoms. The molecule has 0 amide bonds. The Hall–Kier alpha value is -3.29. The highest BCUT2D eigenvalue weighted by Gasteiger charge is 2.19. The molecule has 170 valence electrons. The largest absolute Gasteiger partial charge is 0.361 e. The van der Waals surface area contributed by atoms with E-state index in [1.165, 1.54) is 5.56 Å². The van der Waals surface area contributed by atoms with Crippen LogP contribution in [0.25, 0.3) is 22.0 Å². The Morgan fingerprint density at radius 3 is 2.67 bits per heavy atom. The first-order valence-electron chi connectivity index (χ1n) is 11.5. The van der Waals surface area contributed by atoms with Gasteiger partial charge < -0.3 is 19.3 Å². The number of pyridine rings is 2. The van der Waals surface area contributed by atoms with Crippen molar-refractivity contribution in [2.75, 3.05) is 32.7 Å². The van der Waals surface area contributed by atoms with Crippen molar-refractivity contribution in [2.24, 2.45) is 0 Å². The number of hydrogen-bond donors (Lipinski definition) is 1. The minimum Gasteiger partial charge on any atom is -0.361 e. The van der Waals surface area contributed by atoms with Gasteiger partial charge in [-0.25, -0.2) is 0 Å². The Balaban J connectivity index is 1.62. The summed E-state index contributed by atoms with van der Waals surface area (Å²) < 4.78 is 7.32. The minimum atomic E-state index is -0.0219. The molecule has 5 rings (SSSR count). The van der Waals surface area contributed by atoms with Crippen molar-refractivity contribution in [1.82, 2.24) is 24.9 Å². The number of piperazine rings is 1. The predicted molar refractivity (Wildman–Crippen MR) is 130 cm³/mol. The van der Waals surface area contributed by atoms with Gasteiger partial charge in [0.15, 0.2) is 0 Å². The van der Waals surface area contributed by atoms with Gasteiger partial charge in [-0.3, -0.25) is 9.78 Å². The van der Waals surface area contributed by atoms with Gasteiger partial charge >= 0.3 is 0 Å². The lowest BCUT2D eigenvalue weighted by Gasteiger charge is -2.27. The fourth-order valence-electron chi connectivity index (χ4n) is 4.72. The molecule has 7 nitrogen and oxygen atoms in total. The zero-order valence-electron chi connectivity index (χ0n) is 19.2. The second-order valence-electron chi connectivity index (χ2n) is 8.69. The molecule has 4 aromatic rings. The van der Waals surface area contributed by atoms with E-state index in [-0.39, 0.29) is 5.56 Å². The SMILES string of the molecule is Cc1noc(C)c1-c1cc2ccc(=O)n(Cc3ccccn3)c2cc1CCN1CCNCC1. The summed E-state index contributed by atoms with van der Waals surface area (Å²) in [6.45, 7) is 9.52. The van der Waals surface area contributed by atoms with Crippen LogP contribution in [-0.2, 0) is 13.0 Å². The van der Waals surface area contributed by atoms with Crippen LogP contribution in [0.3, 0.4) is 0 Å². The maximum Gasteiger partial charge on any atom is 0.251 e. The smallest absolute Gasteiger partial charge is 0.251 e. The van der Waals surface area contributed by atoms with Gasteiger partial charge in [0.25, 0.3) is 5.56 Å². The third-order valence-electron chi connectivity index (χ3n) is 6.47. The van der Waals surface area contributed by atoms with E-state index < -0.39 is 0 Å². The Kier molecular flexibility index (Phi) is 6.07. The lowest BCUT2D eigenvalue weighted by molar-refractivity contribution is 0.244. The van der Waals surface area contributed by atoms with Gasteiger partial charge in [-0.15, -0.1) is 0 Å². The van der Waals surface area contributed by atoms with E-state index >= 15 is 0 Å². The summed E-state index contributed by atoms with van der Waals surface area (Å²) in [5.74, 6) is 0.817. The highest BCUT2D eigenvalue weighted by Crippen LogP contribution is 2.33. The van der Waals surface area contributed by atoms with E-state index in [1.807, 2.05) is 42.7 Å². The van der Waals surface area contributed by atoms with Crippen LogP contribution in [0, 0.1) is 13.8 Å². The molecule has 7 heteroatoms. The molecular formula is C26H29N5O2. The van der Waals surface area contributed by atoms with Gasteiger partial charge in [0.05, 0.1) is 23.4 Å². The van der Waals surface area contributed by atoms with E-state index in [0.29, 0.717) is 6.54 Å². The molecule has 1 aliphatic rings. The lowest BCUT2D eigenvalue weighted by atomic mass is 9.94. The number of aryl methyl sites for hydroxylation is 2. The number of rotatable bonds is 6. The molecule has 0 spiro atoms. The van der Waals surface area contributed by atoms with Gasteiger partial charge in [0.2, 0.25) is 0 Å². The van der Waals surface area contributed by atoms with Crippen molar-refractivity contribution < 1.29 is 4.52 Å². The molecule has 0 aliphatic carbocycles. The third-order valence-corrected chi connectivity index (χ3v) is 6.47. The van der Waals surface area contributed by atoms with E-state index in [2.05, 4.69) is 32.5 Å². The molecule has 1 aliphatic heterocycles. The number of fused-ring (bicyclic) bond motifs is 1. The van der Waals surface area contributed by atoms with Gasteiger partial charge in [0.1, 0.15) is 5.76 Å². The van der Waals surface area contributed by atoms with Gasteiger partial charge in [-0.1, -0.05) is 11.2 Å². The summed E-state index contributed by atoms with van der Waals surface area (Å²) in [5, 5.41) is 8.63. The summed E-state index contributed by atoms with van der Waals surface area (Å²) in [5.41, 5.74) is 6.05. The Morgan fingerprint density at radius 2 is 1.94 bits per heavy atom. The molecule has 0 atom stereocenters. The van der Waals surface area contributed by atoms with Crippen LogP contribution in [0.2, 0.25) is 0 Å². The van der Waals surface area contributed by atoms with Crippen molar-refractivity contribution in [1.29, 1.82) is 0 Å². The summed E-state index contributed by atoms with van der Waals surface area (Å²) in [6.07, 6.45) is 2.65. The normalized spacial score (nSPS) is 14.7. The molecule has 1 saturated heterocycles. The van der Waals surface area contributed by atoms with E-state index in [9.17, 15) is 4.79 Å². The first-order chi connectivity index (χ1) is 16.1. The zero-order chi connectivity index (χ0) is 22.8. The Labute approximate surface area is 193 Å². The van der Waals surface area contributed by atoms with Crippen LogP contribution in [0.4, 0.5) is 0 Å². The second-order valence-corrected chi connectivity index (χ2v) is 8.69. The number of benzene rings is 1. The van der Waals surface area contributed by atoms with Crippen LogP contribution < -0.4 is 10.9 Å². The number of hydrogen-bond acceptors (Lipinski definition) is 6. The van der Waals surface area contributed by atoms with Crippen LogP contribution in [0.5, 0.6) is 0 Å². The lowest BCUT2D eigenvalue weighted by Crippen LogP contribution is -2.44. The van der Waals surface area contributed by atoms with Crippen molar-refractivity contribution in [3.8, 4) is 11.1 Å². The maximum absolute atomic E-state index is 12.9. The van der Waals surface area contributed by atoms with Crippen LogP contribution in [0.15, 0.2) is 58.0 Å². The van der Waals surface area contributed by atoms with Gasteiger partial charge in [-0.2, -0.15) is 0 Å². The Bertz CT molecular complexity index is 1300. The van der Waals surface area contributed by atoms with Crippen molar-refractivity contribution in [3.63, 3.8) is 0 Å². The standard InChI is InChI=1S/C26H29N5O2/c1-18-26(19(2)33-29-18)23-15-21-6-7-25(32)31(17-22-5-3-4-9-28-22)24(21)16-20(23)8-12-30-13-10-27-11-14-30/h3-7,9,15-16,27H,8,10-14,17H2,1-2H3. The predicted octanol–water partition coefficient (Wildman–Crippen LogP) is 3.16. The average molecular weight is 444 g/mol. The summed E-state index contributed by atoms with van der Waals surface area (Å²) in [7, 11) is 0. The molecule has 4 heterocycles. The maximum atomic E-state index is 12.9. The van der Waals surface area contributed by atoms with E-state index in [4.69, 9.17) is 4.52 Å².